The molecule has 1 amide bonds. The van der Waals surface area contributed by atoms with Crippen molar-refractivity contribution >= 4 is 5.91 Å². The van der Waals surface area contributed by atoms with E-state index < -0.39 is 5.54 Å². The molecule has 0 spiro atoms. The van der Waals surface area contributed by atoms with Gasteiger partial charge in [0.05, 0.1) is 18.3 Å². The number of methoxy groups -OCH3 is 1. The molecule has 0 aliphatic rings. The van der Waals surface area contributed by atoms with Gasteiger partial charge in [-0.25, -0.2) is 4.68 Å². The van der Waals surface area contributed by atoms with Crippen molar-refractivity contribution in [2.24, 2.45) is 0 Å². The molecule has 0 bridgehead atoms. The molecule has 0 atom stereocenters. The normalized spacial score (nSPS) is 12.1. The van der Waals surface area contributed by atoms with Crippen molar-refractivity contribution in [2.45, 2.75) is 45.6 Å². The van der Waals surface area contributed by atoms with Crippen molar-refractivity contribution < 1.29 is 14.1 Å². The maximum Gasteiger partial charge on any atom is 0.272 e. The van der Waals surface area contributed by atoms with Crippen LogP contribution in [0.15, 0.2) is 41.1 Å². The molecule has 0 saturated heterocycles. The lowest BCUT2D eigenvalue weighted by Crippen LogP contribution is -2.42. The number of nitrogens with zero attached hydrogens (tertiary/aromatic N) is 4. The first kappa shape index (κ1) is 19.6. The molecule has 1 aromatic carbocycles. The van der Waals surface area contributed by atoms with Crippen LogP contribution in [0.3, 0.4) is 0 Å². The third kappa shape index (κ3) is 4.05. The summed E-state index contributed by atoms with van der Waals surface area (Å²) in [6, 6.07) is 9.06. The fourth-order valence-electron chi connectivity index (χ4n) is 2.51. The maximum absolute atomic E-state index is 12.7. The first-order valence-electron chi connectivity index (χ1n) is 8.97. The van der Waals surface area contributed by atoms with Gasteiger partial charge in [-0.15, -0.1) is 0 Å². The summed E-state index contributed by atoms with van der Waals surface area (Å²) in [5.74, 6) is 1.37. The van der Waals surface area contributed by atoms with Crippen molar-refractivity contribution in [2.75, 3.05) is 7.11 Å². The average molecular weight is 383 g/mol. The fourth-order valence-corrected chi connectivity index (χ4v) is 2.51. The summed E-state index contributed by atoms with van der Waals surface area (Å²) >= 11 is 0. The van der Waals surface area contributed by atoms with Crippen LogP contribution in [-0.4, -0.2) is 32.9 Å². The number of hydrogen-bond donors (Lipinski definition) is 1. The van der Waals surface area contributed by atoms with Crippen LogP contribution in [0.1, 0.15) is 56.8 Å². The zero-order chi connectivity index (χ0) is 20.5. The SMILES string of the molecule is COc1ccc(-n2ccc(C(=O)NC(C)(C)c3noc(C(C)(C)C)n3)n2)cc1. The predicted octanol–water partition coefficient (Wildman–Crippen LogP) is 3.23. The molecule has 8 nitrogen and oxygen atoms in total. The van der Waals surface area contributed by atoms with E-state index in [9.17, 15) is 4.79 Å². The highest BCUT2D eigenvalue weighted by atomic mass is 16.5. The van der Waals surface area contributed by atoms with E-state index in [1.54, 1.807) is 24.1 Å². The molecular formula is C20H25N5O3. The number of hydrogen-bond acceptors (Lipinski definition) is 6. The molecule has 2 aromatic heterocycles. The number of rotatable bonds is 5. The molecule has 0 radical (unpaired) electrons. The van der Waals surface area contributed by atoms with Gasteiger partial charge in [0.1, 0.15) is 5.75 Å². The number of nitrogens with one attached hydrogen (secondary N) is 1. The van der Waals surface area contributed by atoms with Crippen molar-refractivity contribution in [1.82, 2.24) is 25.2 Å². The molecule has 0 unspecified atom stereocenters. The molecule has 8 heteroatoms. The van der Waals surface area contributed by atoms with Crippen molar-refractivity contribution in [3.05, 3.63) is 53.9 Å². The van der Waals surface area contributed by atoms with Gasteiger partial charge in [-0.3, -0.25) is 4.79 Å². The van der Waals surface area contributed by atoms with Crippen LogP contribution in [-0.2, 0) is 11.0 Å². The predicted molar refractivity (Wildman–Crippen MR) is 104 cm³/mol. The van der Waals surface area contributed by atoms with Gasteiger partial charge in [0.25, 0.3) is 5.91 Å². The molecule has 2 heterocycles. The molecule has 0 saturated carbocycles. The largest absolute Gasteiger partial charge is 0.497 e. The number of ether oxygens (including phenoxy) is 1. The maximum atomic E-state index is 12.7. The Morgan fingerprint density at radius 3 is 2.36 bits per heavy atom. The van der Waals surface area contributed by atoms with E-state index in [2.05, 4.69) is 20.6 Å². The average Bonchev–Trinajstić information content (AvgIpc) is 3.31. The smallest absolute Gasteiger partial charge is 0.272 e. The summed E-state index contributed by atoms with van der Waals surface area (Å²) in [5.41, 5.74) is 0.0479. The lowest BCUT2D eigenvalue weighted by Gasteiger charge is -2.21. The van der Waals surface area contributed by atoms with E-state index in [4.69, 9.17) is 9.26 Å². The molecule has 0 aliphatic carbocycles. The van der Waals surface area contributed by atoms with Crippen LogP contribution in [0.2, 0.25) is 0 Å². The van der Waals surface area contributed by atoms with Gasteiger partial charge in [0.2, 0.25) is 5.89 Å². The van der Waals surface area contributed by atoms with Gasteiger partial charge < -0.3 is 14.6 Å². The van der Waals surface area contributed by atoms with Crippen LogP contribution in [0.4, 0.5) is 0 Å². The highest BCUT2D eigenvalue weighted by Crippen LogP contribution is 2.24. The highest BCUT2D eigenvalue weighted by Gasteiger charge is 2.32. The van der Waals surface area contributed by atoms with E-state index in [1.165, 1.54) is 0 Å². The minimum absolute atomic E-state index is 0.261. The zero-order valence-electron chi connectivity index (χ0n) is 17.0. The summed E-state index contributed by atoms with van der Waals surface area (Å²) in [6.45, 7) is 9.61. The molecule has 1 N–H and O–H groups in total. The third-order valence-electron chi connectivity index (χ3n) is 4.21. The minimum Gasteiger partial charge on any atom is -0.497 e. The quantitative estimate of drug-likeness (QED) is 0.727. The Kier molecular flexibility index (Phi) is 4.97. The molecule has 0 fully saturated rings. The summed E-state index contributed by atoms with van der Waals surface area (Å²) in [4.78, 5) is 17.1. The number of amides is 1. The van der Waals surface area contributed by atoms with E-state index in [0.29, 0.717) is 17.4 Å². The topological polar surface area (TPSA) is 95.1 Å². The van der Waals surface area contributed by atoms with Crippen LogP contribution >= 0.6 is 0 Å². The molecule has 3 rings (SSSR count). The van der Waals surface area contributed by atoms with E-state index in [0.717, 1.165) is 11.4 Å². The number of benzene rings is 1. The number of carbonyl (C=O) groups is 1. The second kappa shape index (κ2) is 7.10. The first-order valence-corrected chi connectivity index (χ1v) is 8.97. The Morgan fingerprint density at radius 1 is 1.11 bits per heavy atom. The number of carbonyl (C=O) groups excluding carboxylic acids is 1. The standard InChI is InChI=1S/C20H25N5O3/c1-19(2,3)18-21-17(24-28-18)20(4,5)22-16(26)15-11-12-25(23-15)13-7-9-14(27-6)10-8-13/h7-12H,1-6H3,(H,22,26). The van der Waals surface area contributed by atoms with Gasteiger partial charge in [0.15, 0.2) is 11.5 Å². The third-order valence-corrected chi connectivity index (χ3v) is 4.21. The lowest BCUT2D eigenvalue weighted by molar-refractivity contribution is 0.0901. The Labute approximate surface area is 163 Å². The van der Waals surface area contributed by atoms with Gasteiger partial charge in [-0.1, -0.05) is 25.9 Å². The van der Waals surface area contributed by atoms with Gasteiger partial charge in [-0.2, -0.15) is 10.1 Å². The Balaban J connectivity index is 1.75. The Morgan fingerprint density at radius 2 is 1.79 bits per heavy atom. The van der Waals surface area contributed by atoms with Gasteiger partial charge in [-0.05, 0) is 44.2 Å². The second-order valence-electron chi connectivity index (χ2n) is 8.10. The van der Waals surface area contributed by atoms with Crippen molar-refractivity contribution in [1.29, 1.82) is 0 Å². The minimum atomic E-state index is -0.812. The van der Waals surface area contributed by atoms with Crippen molar-refractivity contribution in [3.63, 3.8) is 0 Å². The second-order valence-corrected chi connectivity index (χ2v) is 8.10. The van der Waals surface area contributed by atoms with Crippen LogP contribution in [0, 0.1) is 0 Å². The lowest BCUT2D eigenvalue weighted by atomic mass is 9.97. The van der Waals surface area contributed by atoms with Gasteiger partial charge in [0, 0.05) is 11.6 Å². The van der Waals surface area contributed by atoms with E-state index >= 15 is 0 Å². The summed E-state index contributed by atoms with van der Waals surface area (Å²) in [7, 11) is 1.61. The van der Waals surface area contributed by atoms with Crippen LogP contribution in [0.25, 0.3) is 5.69 Å². The zero-order valence-corrected chi connectivity index (χ0v) is 17.0. The van der Waals surface area contributed by atoms with Crippen molar-refractivity contribution in [3.8, 4) is 11.4 Å². The summed E-state index contributed by atoms with van der Waals surface area (Å²) in [6.07, 6.45) is 1.73. The van der Waals surface area contributed by atoms with Crippen LogP contribution in [0.5, 0.6) is 5.75 Å². The monoisotopic (exact) mass is 383 g/mol. The Hall–Kier alpha value is -3.16. The van der Waals surface area contributed by atoms with Crippen LogP contribution < -0.4 is 10.1 Å². The highest BCUT2D eigenvalue weighted by molar-refractivity contribution is 5.92. The molecule has 28 heavy (non-hydrogen) atoms. The Bertz CT molecular complexity index is 964. The number of aromatic nitrogens is 4. The molecular weight excluding hydrogens is 358 g/mol. The van der Waals surface area contributed by atoms with Gasteiger partial charge >= 0.3 is 0 Å². The summed E-state index contributed by atoms with van der Waals surface area (Å²) < 4.78 is 12.1. The van der Waals surface area contributed by atoms with E-state index in [-0.39, 0.29) is 11.3 Å². The molecule has 0 aliphatic heterocycles. The molecule has 148 valence electrons. The van der Waals surface area contributed by atoms with E-state index in [1.807, 2.05) is 58.9 Å². The summed E-state index contributed by atoms with van der Waals surface area (Å²) in [5, 5.41) is 11.3. The molecule has 3 aromatic rings. The first-order chi connectivity index (χ1) is 13.1. The fraction of sp³-hybridized carbons (Fsp3) is 0.400.